The second-order valence-electron chi connectivity index (χ2n) is 4.36. The SMILES string of the molecule is CNC(=O)CNC(=O)Nc1ccc(Sc2nc(C)cs2)cc1. The number of aromatic nitrogens is 1. The molecule has 2 rings (SSSR count). The van der Waals surface area contributed by atoms with Gasteiger partial charge in [-0.15, -0.1) is 11.3 Å². The molecule has 0 aliphatic heterocycles. The zero-order valence-corrected chi connectivity index (χ0v) is 13.8. The van der Waals surface area contributed by atoms with Crippen molar-refractivity contribution in [1.29, 1.82) is 0 Å². The van der Waals surface area contributed by atoms with Gasteiger partial charge in [0.25, 0.3) is 0 Å². The Kier molecular flexibility index (Phi) is 5.79. The molecule has 1 heterocycles. The van der Waals surface area contributed by atoms with Crippen molar-refractivity contribution in [3.05, 3.63) is 35.3 Å². The molecular weight excluding hydrogens is 320 g/mol. The summed E-state index contributed by atoms with van der Waals surface area (Å²) < 4.78 is 0.988. The van der Waals surface area contributed by atoms with E-state index in [1.54, 1.807) is 23.1 Å². The van der Waals surface area contributed by atoms with Crippen LogP contribution in [-0.2, 0) is 4.79 Å². The van der Waals surface area contributed by atoms with E-state index in [2.05, 4.69) is 20.9 Å². The minimum absolute atomic E-state index is 0.0559. The molecule has 0 spiro atoms. The van der Waals surface area contributed by atoms with E-state index in [9.17, 15) is 9.59 Å². The van der Waals surface area contributed by atoms with E-state index in [1.807, 2.05) is 36.6 Å². The van der Waals surface area contributed by atoms with Crippen LogP contribution in [0.5, 0.6) is 0 Å². The molecule has 0 aliphatic carbocycles. The van der Waals surface area contributed by atoms with E-state index in [0.29, 0.717) is 5.69 Å². The highest BCUT2D eigenvalue weighted by molar-refractivity contribution is 8.01. The lowest BCUT2D eigenvalue weighted by Gasteiger charge is -2.07. The van der Waals surface area contributed by atoms with Gasteiger partial charge in [0, 0.05) is 28.7 Å². The van der Waals surface area contributed by atoms with Crippen molar-refractivity contribution in [1.82, 2.24) is 15.6 Å². The maximum atomic E-state index is 11.6. The van der Waals surface area contributed by atoms with Gasteiger partial charge in [-0.1, -0.05) is 11.8 Å². The fourth-order valence-electron chi connectivity index (χ4n) is 1.51. The van der Waals surface area contributed by atoms with Crippen LogP contribution in [0.1, 0.15) is 5.69 Å². The molecule has 8 heteroatoms. The Labute approximate surface area is 136 Å². The molecule has 6 nitrogen and oxygen atoms in total. The number of rotatable bonds is 5. The van der Waals surface area contributed by atoms with Gasteiger partial charge in [-0.25, -0.2) is 9.78 Å². The second-order valence-corrected chi connectivity index (χ2v) is 6.54. The lowest BCUT2D eigenvalue weighted by Crippen LogP contribution is -2.37. The largest absolute Gasteiger partial charge is 0.358 e. The maximum Gasteiger partial charge on any atom is 0.319 e. The quantitative estimate of drug-likeness (QED) is 0.783. The second kappa shape index (κ2) is 7.81. The van der Waals surface area contributed by atoms with E-state index in [-0.39, 0.29) is 12.5 Å². The summed E-state index contributed by atoms with van der Waals surface area (Å²) in [5, 5.41) is 9.56. The van der Waals surface area contributed by atoms with E-state index in [4.69, 9.17) is 0 Å². The van der Waals surface area contributed by atoms with E-state index >= 15 is 0 Å². The van der Waals surface area contributed by atoms with Gasteiger partial charge in [0.1, 0.15) is 0 Å². The predicted molar refractivity (Wildman–Crippen MR) is 88.5 cm³/mol. The van der Waals surface area contributed by atoms with Gasteiger partial charge in [0.05, 0.1) is 6.54 Å². The average Bonchev–Trinajstić information content (AvgIpc) is 2.92. The average molecular weight is 336 g/mol. The third-order valence-corrected chi connectivity index (χ3v) is 4.67. The van der Waals surface area contributed by atoms with Gasteiger partial charge in [-0.05, 0) is 31.2 Å². The van der Waals surface area contributed by atoms with Crippen molar-refractivity contribution < 1.29 is 9.59 Å². The third-order valence-electron chi connectivity index (χ3n) is 2.60. The Balaban J connectivity index is 1.86. The molecule has 1 aromatic heterocycles. The summed E-state index contributed by atoms with van der Waals surface area (Å²) >= 11 is 3.18. The highest BCUT2D eigenvalue weighted by Gasteiger charge is 2.05. The van der Waals surface area contributed by atoms with E-state index < -0.39 is 6.03 Å². The van der Waals surface area contributed by atoms with Crippen LogP contribution in [-0.4, -0.2) is 30.5 Å². The van der Waals surface area contributed by atoms with Crippen molar-refractivity contribution in [3.63, 3.8) is 0 Å². The smallest absolute Gasteiger partial charge is 0.319 e. The number of nitrogens with one attached hydrogen (secondary N) is 3. The van der Waals surface area contributed by atoms with Gasteiger partial charge in [0.2, 0.25) is 5.91 Å². The number of anilines is 1. The number of hydrogen-bond donors (Lipinski definition) is 3. The van der Waals surface area contributed by atoms with Crippen molar-refractivity contribution in [2.24, 2.45) is 0 Å². The Morgan fingerprint density at radius 1 is 1.27 bits per heavy atom. The van der Waals surface area contributed by atoms with Gasteiger partial charge >= 0.3 is 6.03 Å². The van der Waals surface area contributed by atoms with Crippen molar-refractivity contribution in [2.45, 2.75) is 16.2 Å². The highest BCUT2D eigenvalue weighted by Crippen LogP contribution is 2.30. The zero-order chi connectivity index (χ0) is 15.9. The normalized spacial score (nSPS) is 10.1. The van der Waals surface area contributed by atoms with Gasteiger partial charge in [0.15, 0.2) is 4.34 Å². The number of benzene rings is 1. The first-order valence-corrected chi connectivity index (χ1v) is 8.22. The number of hydrogen-bond acceptors (Lipinski definition) is 5. The molecule has 116 valence electrons. The Morgan fingerprint density at radius 3 is 2.59 bits per heavy atom. The number of carbonyl (C=O) groups excluding carboxylic acids is 2. The van der Waals surface area contributed by atoms with Gasteiger partial charge in [-0.3, -0.25) is 4.79 Å². The molecule has 0 saturated heterocycles. The van der Waals surface area contributed by atoms with E-state index in [0.717, 1.165) is 14.9 Å². The number of amides is 3. The first-order chi connectivity index (χ1) is 10.6. The topological polar surface area (TPSA) is 83.1 Å². The molecule has 0 aliphatic rings. The highest BCUT2D eigenvalue weighted by atomic mass is 32.2. The maximum absolute atomic E-state index is 11.6. The Morgan fingerprint density at radius 2 is 2.00 bits per heavy atom. The van der Waals surface area contributed by atoms with Crippen molar-refractivity contribution in [3.8, 4) is 0 Å². The number of nitrogens with zero attached hydrogens (tertiary/aromatic N) is 1. The molecule has 0 atom stereocenters. The fraction of sp³-hybridized carbons (Fsp3) is 0.214. The Hall–Kier alpha value is -2.06. The number of urea groups is 1. The fourth-order valence-corrected chi connectivity index (χ4v) is 3.32. The minimum atomic E-state index is -0.417. The van der Waals surface area contributed by atoms with Gasteiger partial charge in [-0.2, -0.15) is 0 Å². The number of carbonyl (C=O) groups is 2. The first-order valence-electron chi connectivity index (χ1n) is 6.52. The molecule has 22 heavy (non-hydrogen) atoms. The van der Waals surface area contributed by atoms with Crippen LogP contribution in [0.25, 0.3) is 0 Å². The van der Waals surface area contributed by atoms with Crippen LogP contribution in [0.2, 0.25) is 0 Å². The van der Waals surface area contributed by atoms with E-state index in [1.165, 1.54) is 7.05 Å². The van der Waals surface area contributed by atoms with Crippen LogP contribution >= 0.6 is 23.1 Å². The van der Waals surface area contributed by atoms with Crippen LogP contribution in [0.3, 0.4) is 0 Å². The monoisotopic (exact) mass is 336 g/mol. The summed E-state index contributed by atoms with van der Waals surface area (Å²) in [6, 6.07) is 7.02. The molecule has 0 bridgehead atoms. The molecule has 0 saturated carbocycles. The summed E-state index contributed by atoms with van der Waals surface area (Å²) in [7, 11) is 1.52. The predicted octanol–water partition coefficient (Wildman–Crippen LogP) is 2.47. The van der Waals surface area contributed by atoms with Crippen molar-refractivity contribution >= 4 is 40.7 Å². The lowest BCUT2D eigenvalue weighted by atomic mass is 10.3. The van der Waals surface area contributed by atoms with Crippen LogP contribution in [0.4, 0.5) is 10.5 Å². The van der Waals surface area contributed by atoms with Gasteiger partial charge < -0.3 is 16.0 Å². The number of aryl methyl sites for hydroxylation is 1. The Bertz CT molecular complexity index is 655. The summed E-state index contributed by atoms with van der Waals surface area (Å²) in [5.41, 5.74) is 1.67. The standard InChI is InChI=1S/C14H16N4O2S2/c1-9-8-21-14(17-9)22-11-5-3-10(4-6-11)18-13(20)16-7-12(19)15-2/h3-6,8H,7H2,1-2H3,(H,15,19)(H2,16,18,20). The summed E-state index contributed by atoms with van der Waals surface area (Å²) in [4.78, 5) is 28.1. The lowest BCUT2D eigenvalue weighted by molar-refractivity contribution is -0.119. The summed E-state index contributed by atoms with van der Waals surface area (Å²) in [6.45, 7) is 1.91. The number of likely N-dealkylation sites (N-methyl/N-ethyl adjacent to an activating group) is 1. The molecule has 0 fully saturated rings. The minimum Gasteiger partial charge on any atom is -0.358 e. The summed E-state index contributed by atoms with van der Waals surface area (Å²) in [5.74, 6) is -0.249. The third kappa shape index (κ3) is 5.05. The molecule has 2 aromatic rings. The van der Waals surface area contributed by atoms with Crippen LogP contribution < -0.4 is 16.0 Å². The number of thiazole rings is 1. The first kappa shape index (κ1) is 16.3. The molecule has 1 aromatic carbocycles. The molecular formula is C14H16N4O2S2. The molecule has 0 unspecified atom stereocenters. The zero-order valence-electron chi connectivity index (χ0n) is 12.2. The van der Waals surface area contributed by atoms with Crippen molar-refractivity contribution in [2.75, 3.05) is 18.9 Å². The molecule has 0 radical (unpaired) electrons. The summed E-state index contributed by atoms with van der Waals surface area (Å²) in [6.07, 6.45) is 0. The molecule has 3 amide bonds. The van der Waals surface area contributed by atoms with Crippen LogP contribution in [0, 0.1) is 6.92 Å². The molecule has 3 N–H and O–H groups in total. The van der Waals surface area contributed by atoms with Crippen LogP contribution in [0.15, 0.2) is 38.9 Å².